The summed E-state index contributed by atoms with van der Waals surface area (Å²) in [6.45, 7) is 9.43. The van der Waals surface area contributed by atoms with Gasteiger partial charge in [-0.3, -0.25) is 19.0 Å². The van der Waals surface area contributed by atoms with E-state index in [1.165, 1.54) is 6.08 Å². The van der Waals surface area contributed by atoms with E-state index in [-0.39, 0.29) is 30.2 Å². The fourth-order valence-electron chi connectivity index (χ4n) is 3.51. The van der Waals surface area contributed by atoms with Crippen LogP contribution in [0.2, 0.25) is 0 Å². The Morgan fingerprint density at radius 1 is 0.969 bits per heavy atom. The molecule has 32 heavy (non-hydrogen) atoms. The van der Waals surface area contributed by atoms with Crippen molar-refractivity contribution in [1.29, 1.82) is 0 Å². The van der Waals surface area contributed by atoms with E-state index in [9.17, 15) is 14.4 Å². The van der Waals surface area contributed by atoms with Crippen LogP contribution in [0.25, 0.3) is 17.0 Å². The molecule has 0 aliphatic rings. The number of aromatic nitrogens is 1. The summed E-state index contributed by atoms with van der Waals surface area (Å²) < 4.78 is 1.65. The number of carbonyl (C=O) groups excluding carboxylic acids is 3. The van der Waals surface area contributed by atoms with Crippen LogP contribution in [0.4, 0.5) is 0 Å². The minimum atomic E-state index is -0.537. The van der Waals surface area contributed by atoms with Crippen LogP contribution in [-0.4, -0.2) is 39.7 Å². The predicted molar refractivity (Wildman–Crippen MR) is 129 cm³/mol. The fraction of sp³-hybridized carbons (Fsp3) is 0.296. The molecule has 0 saturated carbocycles. The first-order valence-corrected chi connectivity index (χ1v) is 10.8. The van der Waals surface area contributed by atoms with Crippen molar-refractivity contribution >= 4 is 34.6 Å². The number of para-hydroxylation sites is 1. The Kier molecular flexibility index (Phi) is 6.78. The van der Waals surface area contributed by atoms with Gasteiger partial charge in [-0.1, -0.05) is 69.3 Å². The van der Waals surface area contributed by atoms with Gasteiger partial charge in [0.05, 0.1) is 12.1 Å². The maximum absolute atomic E-state index is 13.0. The summed E-state index contributed by atoms with van der Waals surface area (Å²) in [7, 11) is 0. The molecule has 0 N–H and O–H groups in total. The van der Waals surface area contributed by atoms with Crippen molar-refractivity contribution in [3.63, 3.8) is 0 Å². The van der Waals surface area contributed by atoms with Crippen molar-refractivity contribution in [3.05, 3.63) is 78.0 Å². The maximum atomic E-state index is 13.0. The van der Waals surface area contributed by atoms with Crippen LogP contribution in [-0.2, 0) is 4.79 Å². The van der Waals surface area contributed by atoms with Crippen LogP contribution in [0, 0.1) is 5.41 Å². The number of benzene rings is 2. The maximum Gasteiger partial charge on any atom is 0.247 e. The molecule has 0 spiro atoms. The molecule has 1 amide bonds. The molecule has 3 rings (SSSR count). The Labute approximate surface area is 189 Å². The normalized spacial score (nSPS) is 11.9. The standard InChI is InChI=1S/C27H30N2O3/c1-19(2)28(18-24(30)20-11-7-6-8-12-20)25(31)16-15-21-17-29(26(32)27(3,4)5)23-14-10-9-13-22(21)23/h6-17,19H,18H2,1-5H3/b16-15+. The van der Waals surface area contributed by atoms with Crippen molar-refractivity contribution in [1.82, 2.24) is 9.47 Å². The van der Waals surface area contributed by atoms with Gasteiger partial charge in [0, 0.05) is 40.2 Å². The summed E-state index contributed by atoms with van der Waals surface area (Å²) in [6, 6.07) is 16.5. The first-order chi connectivity index (χ1) is 15.1. The molecule has 3 aromatic rings. The van der Waals surface area contributed by atoms with E-state index in [2.05, 4.69) is 0 Å². The van der Waals surface area contributed by atoms with Crippen LogP contribution < -0.4 is 0 Å². The Morgan fingerprint density at radius 2 is 1.59 bits per heavy atom. The van der Waals surface area contributed by atoms with Crippen LogP contribution in [0.5, 0.6) is 0 Å². The largest absolute Gasteiger partial charge is 0.329 e. The minimum absolute atomic E-state index is 0.00905. The third-order valence-electron chi connectivity index (χ3n) is 5.32. The molecule has 0 aliphatic carbocycles. The summed E-state index contributed by atoms with van der Waals surface area (Å²) in [6.07, 6.45) is 4.97. The fourth-order valence-corrected chi connectivity index (χ4v) is 3.51. The zero-order valence-corrected chi connectivity index (χ0v) is 19.3. The second kappa shape index (κ2) is 9.35. The number of ketones is 1. The zero-order chi connectivity index (χ0) is 23.5. The predicted octanol–water partition coefficient (Wildman–Crippen LogP) is 5.46. The number of rotatable bonds is 6. The first kappa shape index (κ1) is 23.2. The number of hydrogen-bond acceptors (Lipinski definition) is 3. The van der Waals surface area contributed by atoms with E-state index in [1.54, 1.807) is 33.9 Å². The van der Waals surface area contributed by atoms with Crippen LogP contribution in [0.3, 0.4) is 0 Å². The van der Waals surface area contributed by atoms with Gasteiger partial charge in [0.25, 0.3) is 0 Å². The summed E-state index contributed by atoms with van der Waals surface area (Å²) >= 11 is 0. The smallest absolute Gasteiger partial charge is 0.247 e. The van der Waals surface area contributed by atoms with E-state index >= 15 is 0 Å². The average Bonchev–Trinajstić information content (AvgIpc) is 3.13. The van der Waals surface area contributed by atoms with Crippen molar-refractivity contribution in [2.45, 2.75) is 40.7 Å². The zero-order valence-electron chi connectivity index (χ0n) is 19.3. The third-order valence-corrected chi connectivity index (χ3v) is 5.32. The van der Waals surface area contributed by atoms with Gasteiger partial charge < -0.3 is 4.90 Å². The van der Waals surface area contributed by atoms with Crippen molar-refractivity contribution in [2.75, 3.05) is 6.54 Å². The highest BCUT2D eigenvalue weighted by atomic mass is 16.2. The van der Waals surface area contributed by atoms with Crippen LogP contribution in [0.1, 0.15) is 55.3 Å². The van der Waals surface area contributed by atoms with Gasteiger partial charge in [-0.2, -0.15) is 0 Å². The van der Waals surface area contributed by atoms with Gasteiger partial charge in [0.1, 0.15) is 0 Å². The number of fused-ring (bicyclic) bond motifs is 1. The van der Waals surface area contributed by atoms with Crippen molar-refractivity contribution in [2.24, 2.45) is 5.41 Å². The number of carbonyl (C=O) groups is 3. The molecule has 0 aliphatic heterocycles. The molecule has 166 valence electrons. The third kappa shape index (κ3) is 5.05. The molecule has 0 atom stereocenters. The molecule has 5 nitrogen and oxygen atoms in total. The topological polar surface area (TPSA) is 59.4 Å². The molecule has 1 aromatic heterocycles. The van der Waals surface area contributed by atoms with Gasteiger partial charge in [-0.05, 0) is 26.0 Å². The molecule has 0 unspecified atom stereocenters. The summed E-state index contributed by atoms with van der Waals surface area (Å²) in [5, 5.41) is 0.894. The molecular formula is C27H30N2O3. The van der Waals surface area contributed by atoms with Crippen LogP contribution in [0.15, 0.2) is 66.9 Å². The first-order valence-electron chi connectivity index (χ1n) is 10.8. The van der Waals surface area contributed by atoms with E-state index in [0.29, 0.717) is 5.56 Å². The molecule has 0 radical (unpaired) electrons. The number of amides is 1. The highest BCUT2D eigenvalue weighted by Gasteiger charge is 2.25. The Bertz CT molecular complexity index is 1160. The lowest BCUT2D eigenvalue weighted by Gasteiger charge is -2.24. The summed E-state index contributed by atoms with van der Waals surface area (Å²) in [4.78, 5) is 40.1. The molecule has 5 heteroatoms. The van der Waals surface area contributed by atoms with Crippen molar-refractivity contribution < 1.29 is 14.4 Å². The minimum Gasteiger partial charge on any atom is -0.329 e. The lowest BCUT2D eigenvalue weighted by Crippen LogP contribution is -2.39. The molecule has 0 fully saturated rings. The highest BCUT2D eigenvalue weighted by Crippen LogP contribution is 2.26. The van der Waals surface area contributed by atoms with E-state index < -0.39 is 5.41 Å². The molecule has 1 heterocycles. The highest BCUT2D eigenvalue weighted by molar-refractivity contribution is 6.03. The summed E-state index contributed by atoms with van der Waals surface area (Å²) in [5.41, 5.74) is 1.63. The Balaban J connectivity index is 1.88. The van der Waals surface area contributed by atoms with Gasteiger partial charge in [-0.15, -0.1) is 0 Å². The number of nitrogens with zero attached hydrogens (tertiary/aromatic N) is 2. The number of hydrogen-bond donors (Lipinski definition) is 0. The summed E-state index contributed by atoms with van der Waals surface area (Å²) in [5.74, 6) is -0.367. The average molecular weight is 431 g/mol. The Morgan fingerprint density at radius 3 is 2.22 bits per heavy atom. The molecule has 0 saturated heterocycles. The van der Waals surface area contributed by atoms with Gasteiger partial charge in [0.15, 0.2) is 5.78 Å². The second-order valence-corrected chi connectivity index (χ2v) is 9.21. The van der Waals surface area contributed by atoms with Gasteiger partial charge in [-0.25, -0.2) is 0 Å². The van der Waals surface area contributed by atoms with E-state index in [4.69, 9.17) is 0 Å². The van der Waals surface area contributed by atoms with Crippen LogP contribution >= 0.6 is 0 Å². The molecule has 2 aromatic carbocycles. The number of Topliss-reactive ketones (excluding diaryl/α,β-unsaturated/α-hetero) is 1. The second-order valence-electron chi connectivity index (χ2n) is 9.21. The van der Waals surface area contributed by atoms with Crippen molar-refractivity contribution in [3.8, 4) is 0 Å². The quantitative estimate of drug-likeness (QED) is 0.385. The molecule has 0 bridgehead atoms. The van der Waals surface area contributed by atoms with Gasteiger partial charge in [0.2, 0.25) is 11.8 Å². The molecular weight excluding hydrogens is 400 g/mol. The Hall–Kier alpha value is -3.47. The SMILES string of the molecule is CC(C)N(CC(=O)c1ccccc1)C(=O)/C=C/c1cn(C(=O)C(C)(C)C)c2ccccc12. The monoisotopic (exact) mass is 430 g/mol. The lowest BCUT2D eigenvalue weighted by molar-refractivity contribution is -0.127. The van der Waals surface area contributed by atoms with E-state index in [0.717, 1.165) is 16.5 Å². The lowest BCUT2D eigenvalue weighted by atomic mass is 9.95. The van der Waals surface area contributed by atoms with Gasteiger partial charge >= 0.3 is 0 Å². The van der Waals surface area contributed by atoms with E-state index in [1.807, 2.05) is 77.1 Å².